The predicted molar refractivity (Wildman–Crippen MR) is 91.1 cm³/mol. The van der Waals surface area contributed by atoms with Crippen LogP contribution >= 0.6 is 27.3 Å². The van der Waals surface area contributed by atoms with Gasteiger partial charge in [0.25, 0.3) is 0 Å². The van der Waals surface area contributed by atoms with Crippen LogP contribution in [0, 0.1) is 0 Å². The Morgan fingerprint density at radius 3 is 2.60 bits per heavy atom. The van der Waals surface area contributed by atoms with E-state index >= 15 is 0 Å². The largest absolute Gasteiger partial charge is 0.497 e. The normalized spacial score (nSPS) is 11.5. The topological polar surface area (TPSA) is 9.23 Å². The zero-order chi connectivity index (χ0) is 13.7. The molecule has 4 aromatic rings. The molecule has 1 aromatic heterocycles. The summed E-state index contributed by atoms with van der Waals surface area (Å²) in [6.45, 7) is 0. The molecule has 0 fully saturated rings. The van der Waals surface area contributed by atoms with Gasteiger partial charge in [-0.25, -0.2) is 0 Å². The Morgan fingerprint density at radius 1 is 0.900 bits per heavy atom. The Bertz CT molecular complexity index is 955. The molecule has 0 saturated carbocycles. The molecule has 20 heavy (non-hydrogen) atoms. The quantitative estimate of drug-likeness (QED) is 0.413. The van der Waals surface area contributed by atoms with Gasteiger partial charge >= 0.3 is 0 Å². The Kier molecular flexibility index (Phi) is 2.72. The van der Waals surface area contributed by atoms with E-state index in [2.05, 4.69) is 58.4 Å². The number of fused-ring (bicyclic) bond motifs is 5. The maximum atomic E-state index is 5.32. The van der Waals surface area contributed by atoms with Crippen molar-refractivity contribution in [1.29, 1.82) is 0 Å². The monoisotopic (exact) mass is 342 g/mol. The minimum Gasteiger partial charge on any atom is -0.497 e. The fourth-order valence-corrected chi connectivity index (χ4v) is 4.19. The molecular formula is C17H11BrOS. The number of methoxy groups -OCH3 is 1. The third kappa shape index (κ3) is 1.74. The lowest BCUT2D eigenvalue weighted by Crippen LogP contribution is -1.80. The molecule has 0 aliphatic rings. The summed E-state index contributed by atoms with van der Waals surface area (Å²) in [7, 11) is 1.71. The first-order chi connectivity index (χ1) is 9.76. The Morgan fingerprint density at radius 2 is 1.75 bits per heavy atom. The van der Waals surface area contributed by atoms with E-state index in [0.29, 0.717) is 0 Å². The van der Waals surface area contributed by atoms with Gasteiger partial charge in [0.15, 0.2) is 0 Å². The van der Waals surface area contributed by atoms with Crippen molar-refractivity contribution in [2.75, 3.05) is 7.11 Å². The standard InChI is InChI=1S/C17H11BrOS/c1-19-12-5-6-13-16(9-12)20-15-7-3-10-2-4-11(18)8-14(10)17(13)15/h2-9H,1H3. The molecule has 0 aliphatic carbocycles. The Hall–Kier alpha value is -1.58. The average molecular weight is 343 g/mol. The highest BCUT2D eigenvalue weighted by Gasteiger charge is 2.09. The molecule has 1 heterocycles. The SMILES string of the molecule is COc1ccc2c(c1)sc1ccc3ccc(Br)cc3c12. The van der Waals surface area contributed by atoms with Gasteiger partial charge < -0.3 is 4.74 Å². The molecule has 0 saturated heterocycles. The highest BCUT2D eigenvalue weighted by molar-refractivity contribution is 9.10. The van der Waals surface area contributed by atoms with Gasteiger partial charge in [0.1, 0.15) is 5.75 Å². The minimum absolute atomic E-state index is 0.912. The fraction of sp³-hybridized carbons (Fsp3) is 0.0588. The van der Waals surface area contributed by atoms with E-state index in [1.54, 1.807) is 7.11 Å². The van der Waals surface area contributed by atoms with Crippen molar-refractivity contribution in [2.45, 2.75) is 0 Å². The van der Waals surface area contributed by atoms with Gasteiger partial charge in [-0.05, 0) is 47.2 Å². The van der Waals surface area contributed by atoms with E-state index in [0.717, 1.165) is 10.2 Å². The van der Waals surface area contributed by atoms with Crippen LogP contribution in [-0.2, 0) is 0 Å². The van der Waals surface area contributed by atoms with Crippen LogP contribution in [0.4, 0.5) is 0 Å². The van der Waals surface area contributed by atoms with Crippen molar-refractivity contribution < 1.29 is 4.74 Å². The number of hydrogen-bond acceptors (Lipinski definition) is 2. The van der Waals surface area contributed by atoms with E-state index in [9.17, 15) is 0 Å². The van der Waals surface area contributed by atoms with Crippen LogP contribution in [0.1, 0.15) is 0 Å². The summed E-state index contributed by atoms with van der Waals surface area (Å²) in [5.74, 6) is 0.912. The number of rotatable bonds is 1. The molecular weight excluding hydrogens is 332 g/mol. The highest BCUT2D eigenvalue weighted by atomic mass is 79.9. The second-order valence-electron chi connectivity index (χ2n) is 4.77. The first kappa shape index (κ1) is 12.2. The lowest BCUT2D eigenvalue weighted by Gasteiger charge is -2.02. The first-order valence-corrected chi connectivity index (χ1v) is 7.96. The lowest BCUT2D eigenvalue weighted by atomic mass is 10.0. The first-order valence-electron chi connectivity index (χ1n) is 6.35. The molecule has 0 radical (unpaired) electrons. The van der Waals surface area contributed by atoms with Gasteiger partial charge in [-0.3, -0.25) is 0 Å². The second kappa shape index (κ2) is 4.47. The van der Waals surface area contributed by atoms with E-state index in [1.165, 1.54) is 30.9 Å². The van der Waals surface area contributed by atoms with Crippen LogP contribution in [0.5, 0.6) is 5.75 Å². The van der Waals surface area contributed by atoms with E-state index < -0.39 is 0 Å². The Labute approximate surface area is 128 Å². The molecule has 0 spiro atoms. The van der Waals surface area contributed by atoms with Gasteiger partial charge in [0.05, 0.1) is 7.11 Å². The molecule has 0 N–H and O–H groups in total. The molecule has 3 heteroatoms. The summed E-state index contributed by atoms with van der Waals surface area (Å²) in [4.78, 5) is 0. The summed E-state index contributed by atoms with van der Waals surface area (Å²) in [6, 6.07) is 17.2. The van der Waals surface area contributed by atoms with Gasteiger partial charge in [0.2, 0.25) is 0 Å². The molecule has 0 amide bonds. The van der Waals surface area contributed by atoms with Crippen LogP contribution in [0.2, 0.25) is 0 Å². The molecule has 0 unspecified atom stereocenters. The summed E-state index contributed by atoms with van der Waals surface area (Å²) in [6.07, 6.45) is 0. The van der Waals surface area contributed by atoms with Crippen LogP contribution in [0.15, 0.2) is 53.0 Å². The maximum absolute atomic E-state index is 5.32. The maximum Gasteiger partial charge on any atom is 0.120 e. The summed E-state index contributed by atoms with van der Waals surface area (Å²) in [5, 5.41) is 5.21. The summed E-state index contributed by atoms with van der Waals surface area (Å²) in [5.41, 5.74) is 0. The van der Waals surface area contributed by atoms with Crippen molar-refractivity contribution in [2.24, 2.45) is 0 Å². The highest BCUT2D eigenvalue weighted by Crippen LogP contribution is 2.40. The van der Waals surface area contributed by atoms with Gasteiger partial charge in [0, 0.05) is 24.6 Å². The number of thiophene rings is 1. The zero-order valence-corrected chi connectivity index (χ0v) is 13.2. The molecule has 4 rings (SSSR count). The molecule has 0 bridgehead atoms. The van der Waals surface area contributed by atoms with Crippen LogP contribution in [0.25, 0.3) is 30.9 Å². The smallest absolute Gasteiger partial charge is 0.120 e. The van der Waals surface area contributed by atoms with Crippen molar-refractivity contribution >= 4 is 58.2 Å². The van der Waals surface area contributed by atoms with Gasteiger partial charge in [-0.1, -0.05) is 28.1 Å². The molecule has 0 aliphatic heterocycles. The van der Waals surface area contributed by atoms with E-state index in [-0.39, 0.29) is 0 Å². The molecule has 1 nitrogen and oxygen atoms in total. The third-order valence-electron chi connectivity index (χ3n) is 3.62. The van der Waals surface area contributed by atoms with Crippen molar-refractivity contribution in [3.05, 3.63) is 53.0 Å². The number of benzene rings is 3. The van der Waals surface area contributed by atoms with Gasteiger partial charge in [-0.15, -0.1) is 11.3 Å². The molecule has 0 atom stereocenters. The van der Waals surface area contributed by atoms with Crippen LogP contribution in [-0.4, -0.2) is 7.11 Å². The predicted octanol–water partition coefficient (Wildman–Crippen LogP) is 5.98. The number of hydrogen-bond donors (Lipinski definition) is 0. The molecule has 98 valence electrons. The molecule has 3 aromatic carbocycles. The second-order valence-corrected chi connectivity index (χ2v) is 6.77. The van der Waals surface area contributed by atoms with E-state index in [4.69, 9.17) is 4.74 Å². The third-order valence-corrected chi connectivity index (χ3v) is 5.23. The Balaban J connectivity index is 2.22. The van der Waals surface area contributed by atoms with Crippen LogP contribution in [0.3, 0.4) is 0 Å². The van der Waals surface area contributed by atoms with E-state index in [1.807, 2.05) is 17.4 Å². The minimum atomic E-state index is 0.912. The average Bonchev–Trinajstić information content (AvgIpc) is 2.84. The zero-order valence-electron chi connectivity index (χ0n) is 10.8. The van der Waals surface area contributed by atoms with Crippen LogP contribution < -0.4 is 4.74 Å². The van der Waals surface area contributed by atoms with Gasteiger partial charge in [-0.2, -0.15) is 0 Å². The summed E-state index contributed by atoms with van der Waals surface area (Å²) >= 11 is 5.39. The lowest BCUT2D eigenvalue weighted by molar-refractivity contribution is 0.415. The van der Waals surface area contributed by atoms with Crippen molar-refractivity contribution in [3.63, 3.8) is 0 Å². The van der Waals surface area contributed by atoms with Crippen molar-refractivity contribution in [3.8, 4) is 5.75 Å². The van der Waals surface area contributed by atoms with Crippen molar-refractivity contribution in [1.82, 2.24) is 0 Å². The fourth-order valence-electron chi connectivity index (χ4n) is 2.67. The summed E-state index contributed by atoms with van der Waals surface area (Å²) < 4.78 is 9.03. The number of ether oxygens (including phenoxy) is 1. The number of halogens is 1.